The van der Waals surface area contributed by atoms with E-state index < -0.39 is 11.9 Å². The molecule has 0 aliphatic carbocycles. The Labute approximate surface area is 192 Å². The molecule has 2 N–H and O–H groups in total. The summed E-state index contributed by atoms with van der Waals surface area (Å²) in [5.41, 5.74) is 2.57. The van der Waals surface area contributed by atoms with Gasteiger partial charge in [-0.1, -0.05) is 6.42 Å². The number of aromatic nitrogens is 2. The molecule has 2 aromatic rings. The molecular weight excluding hydrogens is 422 g/mol. The van der Waals surface area contributed by atoms with E-state index in [9.17, 15) is 14.4 Å². The van der Waals surface area contributed by atoms with Gasteiger partial charge in [0.2, 0.25) is 11.8 Å². The topological polar surface area (TPSA) is 108 Å². The van der Waals surface area contributed by atoms with Gasteiger partial charge < -0.3 is 14.6 Å². The maximum atomic E-state index is 12.9. The number of hydrogen-bond acceptors (Lipinski definition) is 6. The highest BCUT2D eigenvalue weighted by molar-refractivity contribution is 6.05. The molecule has 174 valence electrons. The van der Waals surface area contributed by atoms with Crippen LogP contribution in [-0.2, 0) is 22.7 Å². The lowest BCUT2D eigenvalue weighted by molar-refractivity contribution is -0.136. The lowest BCUT2D eigenvalue weighted by Gasteiger charge is -2.35. The van der Waals surface area contributed by atoms with Gasteiger partial charge in [0.1, 0.15) is 24.2 Å². The molecule has 33 heavy (non-hydrogen) atoms. The number of rotatable bonds is 6. The van der Waals surface area contributed by atoms with E-state index >= 15 is 0 Å². The Morgan fingerprint density at radius 1 is 1.18 bits per heavy atom. The second-order valence-electron chi connectivity index (χ2n) is 9.14. The zero-order valence-corrected chi connectivity index (χ0v) is 18.8. The van der Waals surface area contributed by atoms with Gasteiger partial charge in [-0.05, 0) is 56.5 Å². The van der Waals surface area contributed by atoms with Crippen molar-refractivity contribution in [2.45, 2.75) is 64.2 Å². The normalized spacial score (nSPS) is 23.5. The quantitative estimate of drug-likeness (QED) is 0.650. The van der Waals surface area contributed by atoms with Crippen molar-refractivity contribution in [3.8, 4) is 5.75 Å². The van der Waals surface area contributed by atoms with Gasteiger partial charge in [-0.15, -0.1) is 0 Å². The number of benzene rings is 1. The van der Waals surface area contributed by atoms with Gasteiger partial charge in [0.05, 0.1) is 0 Å². The molecule has 9 heteroatoms. The van der Waals surface area contributed by atoms with E-state index in [0.717, 1.165) is 42.3 Å². The average molecular weight is 452 g/mol. The highest BCUT2D eigenvalue weighted by Gasteiger charge is 2.39. The largest absolute Gasteiger partial charge is 0.492 e. The van der Waals surface area contributed by atoms with Crippen LogP contribution >= 0.6 is 0 Å². The number of imide groups is 1. The molecule has 0 bridgehead atoms. The molecule has 9 nitrogen and oxygen atoms in total. The van der Waals surface area contributed by atoms with Gasteiger partial charge in [0, 0.05) is 43.0 Å². The van der Waals surface area contributed by atoms with Crippen LogP contribution in [0, 0.1) is 6.92 Å². The number of aromatic amines is 1. The van der Waals surface area contributed by atoms with E-state index in [1.807, 2.05) is 25.3 Å². The highest BCUT2D eigenvalue weighted by Crippen LogP contribution is 2.30. The molecular formula is C24H29N5O4. The molecule has 0 spiro atoms. The van der Waals surface area contributed by atoms with Crippen molar-refractivity contribution in [2.24, 2.45) is 0 Å². The van der Waals surface area contributed by atoms with Crippen LogP contribution in [0.25, 0.3) is 0 Å². The Kier molecular flexibility index (Phi) is 5.88. The molecule has 4 heterocycles. The molecule has 1 aromatic heterocycles. The number of hydrogen-bond donors (Lipinski definition) is 2. The van der Waals surface area contributed by atoms with Gasteiger partial charge in [-0.3, -0.25) is 24.6 Å². The molecule has 5 rings (SSSR count). The lowest BCUT2D eigenvalue weighted by Crippen LogP contribution is -2.52. The fraction of sp³-hybridized carbons (Fsp3) is 0.500. The van der Waals surface area contributed by atoms with E-state index in [0.29, 0.717) is 31.2 Å². The van der Waals surface area contributed by atoms with E-state index in [2.05, 4.69) is 20.2 Å². The Morgan fingerprint density at radius 2 is 2.06 bits per heavy atom. The molecule has 2 saturated heterocycles. The van der Waals surface area contributed by atoms with Crippen LogP contribution in [0.1, 0.15) is 59.5 Å². The van der Waals surface area contributed by atoms with Crippen LogP contribution in [0.2, 0.25) is 0 Å². The maximum Gasteiger partial charge on any atom is 0.255 e. The van der Waals surface area contributed by atoms with Crippen molar-refractivity contribution in [3.05, 3.63) is 47.0 Å². The number of H-pyrrole nitrogens is 1. The van der Waals surface area contributed by atoms with E-state index in [-0.39, 0.29) is 18.2 Å². The number of nitrogens with one attached hydrogen (secondary N) is 2. The first-order valence-corrected chi connectivity index (χ1v) is 11.6. The van der Waals surface area contributed by atoms with Gasteiger partial charge in [-0.25, -0.2) is 4.98 Å². The third-order valence-electron chi connectivity index (χ3n) is 6.82. The summed E-state index contributed by atoms with van der Waals surface area (Å²) in [6.07, 6.45) is 5.96. The lowest BCUT2D eigenvalue weighted by atomic mass is 10.0. The van der Waals surface area contributed by atoms with Crippen LogP contribution in [0.15, 0.2) is 24.4 Å². The minimum Gasteiger partial charge on any atom is -0.492 e. The minimum atomic E-state index is -0.603. The van der Waals surface area contributed by atoms with E-state index in [1.54, 1.807) is 11.0 Å². The van der Waals surface area contributed by atoms with Crippen molar-refractivity contribution in [1.29, 1.82) is 0 Å². The summed E-state index contributed by atoms with van der Waals surface area (Å²) in [4.78, 5) is 48.2. The fourth-order valence-electron chi connectivity index (χ4n) is 5.06. The van der Waals surface area contributed by atoms with E-state index in [1.165, 1.54) is 12.8 Å². The zero-order valence-electron chi connectivity index (χ0n) is 18.8. The van der Waals surface area contributed by atoms with Crippen LogP contribution in [0.4, 0.5) is 0 Å². The van der Waals surface area contributed by atoms with Gasteiger partial charge in [0.25, 0.3) is 5.91 Å². The van der Waals surface area contributed by atoms with Gasteiger partial charge in [0.15, 0.2) is 0 Å². The third-order valence-corrected chi connectivity index (χ3v) is 6.82. The third kappa shape index (κ3) is 4.50. The summed E-state index contributed by atoms with van der Waals surface area (Å²) in [5, 5.41) is 2.34. The maximum absolute atomic E-state index is 12.9. The summed E-state index contributed by atoms with van der Waals surface area (Å²) in [6.45, 7) is 4.75. The van der Waals surface area contributed by atoms with Crippen molar-refractivity contribution < 1.29 is 19.1 Å². The number of imidazole rings is 1. The predicted molar refractivity (Wildman–Crippen MR) is 119 cm³/mol. The highest BCUT2D eigenvalue weighted by atomic mass is 16.5. The summed E-state index contributed by atoms with van der Waals surface area (Å²) in [5.74, 6) is 0.812. The summed E-state index contributed by atoms with van der Waals surface area (Å²) in [6, 6.07) is 5.23. The van der Waals surface area contributed by atoms with Crippen molar-refractivity contribution in [3.63, 3.8) is 0 Å². The Bertz CT molecular complexity index is 1080. The second-order valence-corrected chi connectivity index (χ2v) is 9.14. The first kappa shape index (κ1) is 21.6. The van der Waals surface area contributed by atoms with Crippen LogP contribution < -0.4 is 10.1 Å². The van der Waals surface area contributed by atoms with Crippen molar-refractivity contribution in [1.82, 2.24) is 25.1 Å². The number of amides is 3. The monoisotopic (exact) mass is 451 g/mol. The predicted octanol–water partition coefficient (Wildman–Crippen LogP) is 1.91. The molecule has 2 atom stereocenters. The first-order valence-electron chi connectivity index (χ1n) is 11.6. The Morgan fingerprint density at radius 3 is 2.85 bits per heavy atom. The standard InChI is InChI=1S/C24H29N5O4/c1-15-25-11-17(26-15)13-28-9-3-2-4-18(28)14-33-19-5-6-20-16(10-19)12-29(24(20)32)21-7-8-22(30)27-23(21)31/h5-6,10-11,18,21H,2-4,7-9,12-14H2,1H3,(H,25,26)(H,27,30,31). The molecule has 0 saturated carbocycles. The summed E-state index contributed by atoms with van der Waals surface area (Å²) in [7, 11) is 0. The number of ether oxygens (including phenoxy) is 1. The molecule has 2 unspecified atom stereocenters. The van der Waals surface area contributed by atoms with Crippen LogP contribution in [-0.4, -0.2) is 62.7 Å². The number of likely N-dealkylation sites (tertiary alicyclic amines) is 1. The number of nitrogens with zero attached hydrogens (tertiary/aromatic N) is 3. The number of carbonyl (C=O) groups is 3. The molecule has 1 aromatic carbocycles. The number of piperidine rings is 2. The number of fused-ring (bicyclic) bond motifs is 1. The number of carbonyl (C=O) groups excluding carboxylic acids is 3. The van der Waals surface area contributed by atoms with E-state index in [4.69, 9.17) is 4.74 Å². The first-order chi connectivity index (χ1) is 16.0. The Hall–Kier alpha value is -3.20. The zero-order chi connectivity index (χ0) is 22.9. The van der Waals surface area contributed by atoms with Crippen molar-refractivity contribution in [2.75, 3.05) is 13.2 Å². The summed E-state index contributed by atoms with van der Waals surface area (Å²) < 4.78 is 6.17. The fourth-order valence-corrected chi connectivity index (χ4v) is 5.06. The van der Waals surface area contributed by atoms with Gasteiger partial charge >= 0.3 is 0 Å². The Balaban J connectivity index is 1.23. The number of aryl methyl sites for hydroxylation is 1. The van der Waals surface area contributed by atoms with Crippen LogP contribution in [0.3, 0.4) is 0 Å². The van der Waals surface area contributed by atoms with Crippen molar-refractivity contribution >= 4 is 17.7 Å². The van der Waals surface area contributed by atoms with Crippen LogP contribution in [0.5, 0.6) is 5.75 Å². The molecule has 0 radical (unpaired) electrons. The second kappa shape index (κ2) is 8.97. The SMILES string of the molecule is Cc1ncc(CN2CCCCC2COc2ccc3c(c2)CN(C2CCC(=O)NC2=O)C3=O)[nH]1. The molecule has 3 aliphatic rings. The molecule has 3 amide bonds. The average Bonchev–Trinajstić information content (AvgIpc) is 3.35. The summed E-state index contributed by atoms with van der Waals surface area (Å²) >= 11 is 0. The molecule has 2 fully saturated rings. The smallest absolute Gasteiger partial charge is 0.255 e. The van der Waals surface area contributed by atoms with Gasteiger partial charge in [-0.2, -0.15) is 0 Å². The minimum absolute atomic E-state index is 0.167. The molecule has 3 aliphatic heterocycles.